The van der Waals surface area contributed by atoms with Crippen molar-refractivity contribution < 1.29 is 4.74 Å². The monoisotopic (exact) mass is 221 g/mol. The minimum atomic E-state index is 0.182. The Morgan fingerprint density at radius 2 is 1.88 bits per heavy atom. The number of hydrogen-bond donors (Lipinski definition) is 1. The minimum Gasteiger partial charge on any atom is -0.489 e. The summed E-state index contributed by atoms with van der Waals surface area (Å²) in [5.74, 6) is 0.959. The Balaban J connectivity index is 2.62. The van der Waals surface area contributed by atoms with Crippen LogP contribution in [0.15, 0.2) is 18.2 Å². The fourth-order valence-corrected chi connectivity index (χ4v) is 1.59. The predicted octanol–water partition coefficient (Wildman–Crippen LogP) is 3.07. The van der Waals surface area contributed by atoms with Gasteiger partial charge in [-0.15, -0.1) is 0 Å². The molecule has 2 atom stereocenters. The zero-order valence-electron chi connectivity index (χ0n) is 11.0. The summed E-state index contributed by atoms with van der Waals surface area (Å²) in [6, 6.07) is 6.61. The van der Waals surface area contributed by atoms with Gasteiger partial charge in [-0.3, -0.25) is 0 Å². The smallest absolute Gasteiger partial charge is 0.120 e. The minimum absolute atomic E-state index is 0.182. The van der Waals surface area contributed by atoms with Crippen LogP contribution in [0.3, 0.4) is 0 Å². The SMILES string of the molecule is CCNC(C)C(C)Oc1ccc(C)c(C)c1. The molecule has 0 radical (unpaired) electrons. The largest absolute Gasteiger partial charge is 0.489 e. The van der Waals surface area contributed by atoms with Crippen molar-refractivity contribution in [3.8, 4) is 5.75 Å². The molecule has 16 heavy (non-hydrogen) atoms. The fourth-order valence-electron chi connectivity index (χ4n) is 1.59. The van der Waals surface area contributed by atoms with Crippen molar-refractivity contribution in [2.24, 2.45) is 0 Å². The van der Waals surface area contributed by atoms with Gasteiger partial charge >= 0.3 is 0 Å². The quantitative estimate of drug-likeness (QED) is 0.825. The average Bonchev–Trinajstić information content (AvgIpc) is 2.24. The van der Waals surface area contributed by atoms with Crippen molar-refractivity contribution in [2.75, 3.05) is 6.54 Å². The van der Waals surface area contributed by atoms with Crippen molar-refractivity contribution in [3.05, 3.63) is 29.3 Å². The van der Waals surface area contributed by atoms with E-state index in [1.54, 1.807) is 0 Å². The standard InChI is InChI=1S/C14H23NO/c1-6-15-12(4)13(5)16-14-8-7-10(2)11(3)9-14/h7-9,12-13,15H,6H2,1-5H3. The van der Waals surface area contributed by atoms with Crippen molar-refractivity contribution in [3.63, 3.8) is 0 Å². The molecule has 0 heterocycles. The van der Waals surface area contributed by atoms with Crippen molar-refractivity contribution in [2.45, 2.75) is 46.8 Å². The van der Waals surface area contributed by atoms with Gasteiger partial charge in [0.15, 0.2) is 0 Å². The van der Waals surface area contributed by atoms with Crippen LogP contribution in [0.2, 0.25) is 0 Å². The first-order valence-electron chi connectivity index (χ1n) is 6.02. The maximum Gasteiger partial charge on any atom is 0.120 e. The summed E-state index contributed by atoms with van der Waals surface area (Å²) < 4.78 is 5.90. The number of aryl methyl sites for hydroxylation is 2. The Kier molecular flexibility index (Phi) is 4.81. The molecule has 2 heteroatoms. The second-order valence-corrected chi connectivity index (χ2v) is 4.42. The van der Waals surface area contributed by atoms with Gasteiger partial charge in [0, 0.05) is 6.04 Å². The van der Waals surface area contributed by atoms with Gasteiger partial charge in [-0.25, -0.2) is 0 Å². The number of hydrogen-bond acceptors (Lipinski definition) is 2. The highest BCUT2D eigenvalue weighted by molar-refractivity contribution is 5.33. The zero-order chi connectivity index (χ0) is 12.1. The van der Waals surface area contributed by atoms with E-state index in [0.29, 0.717) is 6.04 Å². The lowest BCUT2D eigenvalue weighted by molar-refractivity contribution is 0.179. The Morgan fingerprint density at radius 1 is 1.19 bits per heavy atom. The average molecular weight is 221 g/mol. The number of likely N-dealkylation sites (N-methyl/N-ethyl adjacent to an activating group) is 1. The lowest BCUT2D eigenvalue weighted by Gasteiger charge is -2.22. The molecular weight excluding hydrogens is 198 g/mol. The number of rotatable bonds is 5. The van der Waals surface area contributed by atoms with Gasteiger partial charge in [-0.2, -0.15) is 0 Å². The summed E-state index contributed by atoms with van der Waals surface area (Å²) in [5, 5.41) is 3.37. The second kappa shape index (κ2) is 5.90. The molecule has 1 aromatic rings. The summed E-state index contributed by atoms with van der Waals surface area (Å²) in [6.45, 7) is 11.6. The molecule has 90 valence electrons. The molecule has 0 aliphatic carbocycles. The van der Waals surface area contributed by atoms with Crippen LogP contribution in [0, 0.1) is 13.8 Å². The molecule has 0 aliphatic rings. The van der Waals surface area contributed by atoms with Crippen molar-refractivity contribution >= 4 is 0 Å². The molecule has 0 aliphatic heterocycles. The molecule has 0 aromatic heterocycles. The normalized spacial score (nSPS) is 14.6. The van der Waals surface area contributed by atoms with Crippen LogP contribution in [0.1, 0.15) is 31.9 Å². The summed E-state index contributed by atoms with van der Waals surface area (Å²) in [7, 11) is 0. The highest BCUT2D eigenvalue weighted by Crippen LogP contribution is 2.18. The highest BCUT2D eigenvalue weighted by atomic mass is 16.5. The lowest BCUT2D eigenvalue weighted by Crippen LogP contribution is -2.38. The van der Waals surface area contributed by atoms with E-state index in [4.69, 9.17) is 4.74 Å². The van der Waals surface area contributed by atoms with Crippen LogP contribution < -0.4 is 10.1 Å². The van der Waals surface area contributed by atoms with E-state index in [1.165, 1.54) is 11.1 Å². The third kappa shape index (κ3) is 3.53. The number of nitrogens with one attached hydrogen (secondary N) is 1. The van der Waals surface area contributed by atoms with Gasteiger partial charge in [0.25, 0.3) is 0 Å². The molecule has 1 N–H and O–H groups in total. The van der Waals surface area contributed by atoms with Gasteiger partial charge in [0.1, 0.15) is 11.9 Å². The Hall–Kier alpha value is -1.02. The molecule has 0 saturated heterocycles. The summed E-state index contributed by atoms with van der Waals surface area (Å²) >= 11 is 0. The van der Waals surface area contributed by atoms with Crippen LogP contribution in [-0.4, -0.2) is 18.7 Å². The molecule has 0 spiro atoms. The molecule has 0 fully saturated rings. The van der Waals surface area contributed by atoms with Crippen LogP contribution in [0.4, 0.5) is 0 Å². The predicted molar refractivity (Wildman–Crippen MR) is 69.1 cm³/mol. The molecule has 1 aromatic carbocycles. The van der Waals surface area contributed by atoms with Gasteiger partial charge in [0.2, 0.25) is 0 Å². The highest BCUT2D eigenvalue weighted by Gasteiger charge is 2.12. The molecule has 0 amide bonds. The van der Waals surface area contributed by atoms with Gasteiger partial charge in [-0.1, -0.05) is 13.0 Å². The summed E-state index contributed by atoms with van der Waals surface area (Å²) in [5.41, 5.74) is 2.58. The number of ether oxygens (including phenoxy) is 1. The first kappa shape index (κ1) is 13.0. The van der Waals surface area contributed by atoms with E-state index in [-0.39, 0.29) is 6.10 Å². The maximum absolute atomic E-state index is 5.90. The maximum atomic E-state index is 5.90. The molecule has 0 bridgehead atoms. The molecular formula is C14H23NO. The Morgan fingerprint density at radius 3 is 2.44 bits per heavy atom. The van der Waals surface area contributed by atoms with E-state index in [2.05, 4.69) is 52.1 Å². The van der Waals surface area contributed by atoms with Crippen LogP contribution in [-0.2, 0) is 0 Å². The van der Waals surface area contributed by atoms with Crippen molar-refractivity contribution in [1.82, 2.24) is 5.32 Å². The van der Waals surface area contributed by atoms with Crippen LogP contribution >= 0.6 is 0 Å². The van der Waals surface area contributed by atoms with Crippen LogP contribution in [0.5, 0.6) is 5.75 Å². The molecule has 2 unspecified atom stereocenters. The Labute approximate surface area is 99.0 Å². The summed E-state index contributed by atoms with van der Waals surface area (Å²) in [6.07, 6.45) is 0.182. The second-order valence-electron chi connectivity index (χ2n) is 4.42. The third-order valence-corrected chi connectivity index (χ3v) is 3.03. The van der Waals surface area contributed by atoms with E-state index in [1.807, 2.05) is 6.07 Å². The summed E-state index contributed by atoms with van der Waals surface area (Å²) in [4.78, 5) is 0. The van der Waals surface area contributed by atoms with Crippen molar-refractivity contribution in [1.29, 1.82) is 0 Å². The first-order chi connectivity index (χ1) is 7.54. The van der Waals surface area contributed by atoms with Gasteiger partial charge in [0.05, 0.1) is 0 Å². The van der Waals surface area contributed by atoms with Gasteiger partial charge < -0.3 is 10.1 Å². The van der Waals surface area contributed by atoms with Gasteiger partial charge in [-0.05, 0) is 57.5 Å². The third-order valence-electron chi connectivity index (χ3n) is 3.03. The van der Waals surface area contributed by atoms with E-state index >= 15 is 0 Å². The Bertz CT molecular complexity index is 336. The number of benzene rings is 1. The van der Waals surface area contributed by atoms with Crippen LogP contribution in [0.25, 0.3) is 0 Å². The van der Waals surface area contributed by atoms with E-state index in [9.17, 15) is 0 Å². The first-order valence-corrected chi connectivity index (χ1v) is 6.02. The topological polar surface area (TPSA) is 21.3 Å². The molecule has 1 rings (SSSR count). The fraction of sp³-hybridized carbons (Fsp3) is 0.571. The van der Waals surface area contributed by atoms with E-state index < -0.39 is 0 Å². The molecule has 0 saturated carbocycles. The lowest BCUT2D eigenvalue weighted by atomic mass is 10.1. The molecule has 2 nitrogen and oxygen atoms in total. The zero-order valence-corrected chi connectivity index (χ0v) is 11.0. The van der Waals surface area contributed by atoms with E-state index in [0.717, 1.165) is 12.3 Å².